The second kappa shape index (κ2) is 3.92. The molecule has 84 valence electrons. The maximum Gasteiger partial charge on any atom is 0.342 e. The smallest absolute Gasteiger partial charge is 0.342 e. The number of nitro benzene ring substituents is 1. The molecule has 1 aliphatic rings. The highest BCUT2D eigenvalue weighted by molar-refractivity contribution is 5.93. The van der Waals surface area contributed by atoms with E-state index in [0.29, 0.717) is 12.0 Å². The Bertz CT molecular complexity index is 467. The monoisotopic (exact) mass is 221 g/mol. The van der Waals surface area contributed by atoms with Crippen molar-refractivity contribution in [2.24, 2.45) is 0 Å². The molecule has 0 amide bonds. The second-order valence-electron chi connectivity index (χ2n) is 3.87. The fourth-order valence-corrected chi connectivity index (χ4v) is 2.19. The van der Waals surface area contributed by atoms with Crippen LogP contribution in [0.25, 0.3) is 0 Å². The average molecular weight is 221 g/mol. The van der Waals surface area contributed by atoms with E-state index in [1.165, 1.54) is 6.07 Å². The van der Waals surface area contributed by atoms with E-state index in [9.17, 15) is 14.9 Å². The highest BCUT2D eigenvalue weighted by atomic mass is 16.6. The number of nitro groups is 1. The quantitative estimate of drug-likeness (QED) is 0.613. The summed E-state index contributed by atoms with van der Waals surface area (Å²) in [6, 6.07) is 3.04. The third kappa shape index (κ3) is 1.64. The van der Waals surface area contributed by atoms with Crippen LogP contribution in [0, 0.1) is 10.1 Å². The number of hydrogen-bond donors (Lipinski definition) is 1. The van der Waals surface area contributed by atoms with Crippen LogP contribution in [0.2, 0.25) is 0 Å². The molecule has 0 aromatic heterocycles. The molecule has 0 unspecified atom stereocenters. The topological polar surface area (TPSA) is 80.4 Å². The van der Waals surface area contributed by atoms with Gasteiger partial charge in [-0.1, -0.05) is 6.07 Å². The Morgan fingerprint density at radius 2 is 2.00 bits per heavy atom. The molecule has 0 saturated carbocycles. The number of carboxylic acid groups (broad SMARTS) is 1. The number of hydrogen-bond acceptors (Lipinski definition) is 3. The molecule has 0 aliphatic heterocycles. The Morgan fingerprint density at radius 3 is 2.62 bits per heavy atom. The van der Waals surface area contributed by atoms with Gasteiger partial charge in [-0.05, 0) is 37.3 Å². The summed E-state index contributed by atoms with van der Waals surface area (Å²) in [5.41, 5.74) is 1.11. The number of nitrogens with zero attached hydrogens (tertiary/aromatic N) is 1. The van der Waals surface area contributed by atoms with E-state index >= 15 is 0 Å². The maximum atomic E-state index is 10.9. The first-order chi connectivity index (χ1) is 7.61. The Morgan fingerprint density at radius 1 is 1.31 bits per heavy atom. The van der Waals surface area contributed by atoms with Crippen molar-refractivity contribution in [1.29, 1.82) is 0 Å². The van der Waals surface area contributed by atoms with Gasteiger partial charge in [0.2, 0.25) is 0 Å². The first kappa shape index (κ1) is 10.6. The van der Waals surface area contributed by atoms with Gasteiger partial charge in [0.15, 0.2) is 0 Å². The van der Waals surface area contributed by atoms with Gasteiger partial charge in [-0.25, -0.2) is 4.79 Å². The Kier molecular flexibility index (Phi) is 2.60. The average Bonchev–Trinajstić information content (AvgIpc) is 2.27. The summed E-state index contributed by atoms with van der Waals surface area (Å²) in [5, 5.41) is 19.9. The highest BCUT2D eigenvalue weighted by Gasteiger charge is 2.27. The zero-order valence-corrected chi connectivity index (χ0v) is 8.60. The molecule has 5 nitrogen and oxygen atoms in total. The number of carbonyl (C=O) groups is 1. The molecule has 0 fully saturated rings. The molecule has 0 spiro atoms. The predicted molar refractivity (Wildman–Crippen MR) is 56.7 cm³/mol. The molecule has 0 radical (unpaired) electrons. The summed E-state index contributed by atoms with van der Waals surface area (Å²) in [4.78, 5) is 21.3. The minimum Gasteiger partial charge on any atom is -0.477 e. The number of fused-ring (bicyclic) bond motifs is 1. The lowest BCUT2D eigenvalue weighted by molar-refractivity contribution is -0.386. The molecular formula is C11H11NO4. The summed E-state index contributed by atoms with van der Waals surface area (Å²) in [6.45, 7) is 0. The van der Waals surface area contributed by atoms with E-state index in [4.69, 9.17) is 5.11 Å². The standard InChI is InChI=1S/C11H11NO4/c13-11(14)9-6-5-7-3-1-2-4-8(7)10(9)12(15)16/h5-6H,1-4H2,(H,13,14). The van der Waals surface area contributed by atoms with Crippen molar-refractivity contribution in [3.05, 3.63) is 38.9 Å². The lowest BCUT2D eigenvalue weighted by atomic mass is 9.88. The van der Waals surface area contributed by atoms with Gasteiger partial charge >= 0.3 is 5.97 Å². The summed E-state index contributed by atoms with van der Waals surface area (Å²) < 4.78 is 0. The normalized spacial score (nSPS) is 14.2. The number of rotatable bonds is 2. The molecule has 0 saturated heterocycles. The van der Waals surface area contributed by atoms with Crippen molar-refractivity contribution in [3.63, 3.8) is 0 Å². The largest absolute Gasteiger partial charge is 0.477 e. The van der Waals surface area contributed by atoms with Crippen molar-refractivity contribution >= 4 is 11.7 Å². The van der Waals surface area contributed by atoms with Crippen LogP contribution in [0.5, 0.6) is 0 Å². The van der Waals surface area contributed by atoms with Crippen LogP contribution in [0.3, 0.4) is 0 Å². The minimum atomic E-state index is -1.24. The maximum absolute atomic E-state index is 10.9. The summed E-state index contributed by atoms with van der Waals surface area (Å²) in [5.74, 6) is -1.24. The number of benzene rings is 1. The van der Waals surface area contributed by atoms with E-state index in [-0.39, 0.29) is 11.3 Å². The number of aryl methyl sites for hydroxylation is 1. The van der Waals surface area contributed by atoms with Gasteiger partial charge in [-0.2, -0.15) is 0 Å². The van der Waals surface area contributed by atoms with Gasteiger partial charge in [0.1, 0.15) is 5.56 Å². The van der Waals surface area contributed by atoms with Crippen LogP contribution in [0.1, 0.15) is 34.3 Å². The molecule has 0 atom stereocenters. The third-order valence-electron chi connectivity index (χ3n) is 2.92. The predicted octanol–water partition coefficient (Wildman–Crippen LogP) is 2.17. The molecule has 2 rings (SSSR count). The van der Waals surface area contributed by atoms with Crippen LogP contribution in [0.4, 0.5) is 5.69 Å². The molecule has 5 heteroatoms. The summed E-state index contributed by atoms with van der Waals surface area (Å²) >= 11 is 0. The lowest BCUT2D eigenvalue weighted by Crippen LogP contribution is -2.11. The molecule has 1 aliphatic carbocycles. The molecular weight excluding hydrogens is 210 g/mol. The van der Waals surface area contributed by atoms with E-state index in [0.717, 1.165) is 24.8 Å². The van der Waals surface area contributed by atoms with E-state index in [1.54, 1.807) is 6.07 Å². The number of aromatic carboxylic acids is 1. The fraction of sp³-hybridized carbons (Fsp3) is 0.364. The first-order valence-electron chi connectivity index (χ1n) is 5.13. The molecule has 0 bridgehead atoms. The first-order valence-corrected chi connectivity index (χ1v) is 5.13. The van der Waals surface area contributed by atoms with Gasteiger partial charge in [-0.3, -0.25) is 10.1 Å². The van der Waals surface area contributed by atoms with Gasteiger partial charge in [0.05, 0.1) is 4.92 Å². The Hall–Kier alpha value is -1.91. The molecule has 1 N–H and O–H groups in total. The van der Waals surface area contributed by atoms with E-state index in [2.05, 4.69) is 0 Å². The number of carboxylic acids is 1. The fourth-order valence-electron chi connectivity index (χ4n) is 2.19. The van der Waals surface area contributed by atoms with Gasteiger partial charge < -0.3 is 5.11 Å². The second-order valence-corrected chi connectivity index (χ2v) is 3.87. The molecule has 1 aromatic rings. The van der Waals surface area contributed by atoms with Crippen molar-refractivity contribution < 1.29 is 14.8 Å². The van der Waals surface area contributed by atoms with Crippen molar-refractivity contribution in [3.8, 4) is 0 Å². The molecule has 0 heterocycles. The van der Waals surface area contributed by atoms with Crippen LogP contribution in [-0.4, -0.2) is 16.0 Å². The van der Waals surface area contributed by atoms with Crippen molar-refractivity contribution in [2.45, 2.75) is 25.7 Å². The van der Waals surface area contributed by atoms with Crippen molar-refractivity contribution in [1.82, 2.24) is 0 Å². The minimum absolute atomic E-state index is 0.203. The van der Waals surface area contributed by atoms with E-state index < -0.39 is 10.9 Å². The van der Waals surface area contributed by atoms with Crippen LogP contribution in [-0.2, 0) is 12.8 Å². The third-order valence-corrected chi connectivity index (χ3v) is 2.92. The summed E-state index contributed by atoms with van der Waals surface area (Å²) in [6.07, 6.45) is 3.30. The van der Waals surface area contributed by atoms with Gasteiger partial charge in [0.25, 0.3) is 5.69 Å². The Labute approximate surface area is 91.9 Å². The van der Waals surface area contributed by atoms with Gasteiger partial charge in [-0.15, -0.1) is 0 Å². The van der Waals surface area contributed by atoms with Crippen molar-refractivity contribution in [2.75, 3.05) is 0 Å². The SMILES string of the molecule is O=C(O)c1ccc2c(c1[N+](=O)[O-])CCCC2. The highest BCUT2D eigenvalue weighted by Crippen LogP contribution is 2.32. The molecule has 16 heavy (non-hydrogen) atoms. The summed E-state index contributed by atoms with van der Waals surface area (Å²) in [7, 11) is 0. The zero-order chi connectivity index (χ0) is 11.7. The zero-order valence-electron chi connectivity index (χ0n) is 8.60. The lowest BCUT2D eigenvalue weighted by Gasteiger charge is -2.16. The van der Waals surface area contributed by atoms with Crippen LogP contribution >= 0.6 is 0 Å². The molecule has 1 aromatic carbocycles. The Balaban J connectivity index is 2.66. The van der Waals surface area contributed by atoms with Crippen LogP contribution < -0.4 is 0 Å². The van der Waals surface area contributed by atoms with Crippen LogP contribution in [0.15, 0.2) is 12.1 Å². The van der Waals surface area contributed by atoms with Gasteiger partial charge in [0, 0.05) is 5.56 Å². The van der Waals surface area contributed by atoms with E-state index in [1.807, 2.05) is 0 Å².